The molecule has 4 aliphatic rings. The summed E-state index contributed by atoms with van der Waals surface area (Å²) in [5.41, 5.74) is -0.0391. The molecule has 4 nitrogen and oxygen atoms in total. The lowest BCUT2D eigenvalue weighted by Gasteiger charge is -2.60. The average molecular weight is 391 g/mol. The molecule has 0 aliphatic heterocycles. The van der Waals surface area contributed by atoms with Gasteiger partial charge in [-0.25, -0.2) is 0 Å². The molecule has 2 N–H and O–H groups in total. The first kappa shape index (κ1) is 20.4. The van der Waals surface area contributed by atoms with Crippen LogP contribution in [0.25, 0.3) is 0 Å². The largest absolute Gasteiger partial charge is 0.481 e. The maximum atomic E-state index is 13.6. The van der Waals surface area contributed by atoms with Crippen LogP contribution in [0.5, 0.6) is 0 Å². The normalized spacial score (nSPS) is 49.1. The lowest BCUT2D eigenvalue weighted by molar-refractivity contribution is -0.160. The smallest absolute Gasteiger partial charge is 0.303 e. The molecule has 9 atom stereocenters. The summed E-state index contributed by atoms with van der Waals surface area (Å²) in [6.45, 7) is 6.81. The highest BCUT2D eigenvalue weighted by molar-refractivity contribution is 5.87. The molecule has 0 heterocycles. The SMILES string of the molecule is C[C@H](CCC(=O)O)[C@@H]1CC[C@@H]2[C@@H]3CC[C@@H]4C[C@H](O)CC[C@]4(C)[C@H]3CC(=O)[C@]21C. The molecule has 4 aliphatic carbocycles. The summed E-state index contributed by atoms with van der Waals surface area (Å²) in [6.07, 6.45) is 8.96. The highest BCUT2D eigenvalue weighted by Crippen LogP contribution is 2.67. The highest BCUT2D eigenvalue weighted by atomic mass is 16.4. The molecule has 0 aromatic rings. The van der Waals surface area contributed by atoms with E-state index in [9.17, 15) is 14.7 Å². The van der Waals surface area contributed by atoms with E-state index < -0.39 is 5.97 Å². The summed E-state index contributed by atoms with van der Waals surface area (Å²) in [4.78, 5) is 24.7. The Balaban J connectivity index is 1.57. The van der Waals surface area contributed by atoms with Crippen LogP contribution in [-0.2, 0) is 9.59 Å². The number of rotatable bonds is 4. The van der Waals surface area contributed by atoms with Crippen LogP contribution in [0.15, 0.2) is 0 Å². The fourth-order valence-corrected chi connectivity index (χ4v) is 8.44. The van der Waals surface area contributed by atoms with Gasteiger partial charge in [-0.05, 0) is 92.3 Å². The van der Waals surface area contributed by atoms with E-state index in [2.05, 4.69) is 20.8 Å². The van der Waals surface area contributed by atoms with Gasteiger partial charge in [0.1, 0.15) is 5.78 Å². The Hall–Kier alpha value is -0.900. The predicted molar refractivity (Wildman–Crippen MR) is 108 cm³/mol. The Morgan fingerprint density at radius 1 is 1.14 bits per heavy atom. The Morgan fingerprint density at radius 2 is 1.89 bits per heavy atom. The van der Waals surface area contributed by atoms with E-state index >= 15 is 0 Å². The van der Waals surface area contributed by atoms with Gasteiger partial charge in [-0.3, -0.25) is 9.59 Å². The van der Waals surface area contributed by atoms with Crippen LogP contribution in [-0.4, -0.2) is 28.1 Å². The van der Waals surface area contributed by atoms with Crippen LogP contribution < -0.4 is 0 Å². The molecular weight excluding hydrogens is 352 g/mol. The van der Waals surface area contributed by atoms with Crippen molar-refractivity contribution in [2.24, 2.45) is 46.3 Å². The predicted octanol–water partition coefficient (Wildman–Crippen LogP) is 4.69. The molecule has 4 fully saturated rings. The summed E-state index contributed by atoms with van der Waals surface area (Å²) in [5, 5.41) is 19.3. The molecular formula is C24H38O4. The second kappa shape index (κ2) is 7.11. The molecule has 4 heteroatoms. The number of hydrogen-bond donors (Lipinski definition) is 2. The highest BCUT2D eigenvalue weighted by Gasteiger charge is 2.63. The van der Waals surface area contributed by atoms with Gasteiger partial charge in [0.2, 0.25) is 0 Å². The molecule has 4 rings (SSSR count). The molecule has 0 amide bonds. The number of Topliss-reactive ketones (excluding diaryl/α,β-unsaturated/α-hetero) is 1. The van der Waals surface area contributed by atoms with Crippen LogP contribution in [0.1, 0.15) is 85.0 Å². The lowest BCUT2D eigenvalue weighted by Crippen LogP contribution is -2.57. The first-order valence-electron chi connectivity index (χ1n) is 11.6. The Labute approximate surface area is 169 Å². The van der Waals surface area contributed by atoms with Crippen LogP contribution in [0.2, 0.25) is 0 Å². The van der Waals surface area contributed by atoms with Crippen molar-refractivity contribution in [1.29, 1.82) is 0 Å². The molecule has 0 radical (unpaired) electrons. The van der Waals surface area contributed by atoms with Gasteiger partial charge in [0, 0.05) is 18.3 Å². The van der Waals surface area contributed by atoms with Crippen molar-refractivity contribution in [3.63, 3.8) is 0 Å². The maximum absolute atomic E-state index is 13.6. The summed E-state index contributed by atoms with van der Waals surface area (Å²) in [6, 6.07) is 0. The van der Waals surface area contributed by atoms with Gasteiger partial charge >= 0.3 is 5.97 Å². The molecule has 0 saturated heterocycles. The van der Waals surface area contributed by atoms with Gasteiger partial charge in [0.05, 0.1) is 6.10 Å². The van der Waals surface area contributed by atoms with E-state index in [4.69, 9.17) is 5.11 Å². The number of carboxylic acid groups (broad SMARTS) is 1. The molecule has 28 heavy (non-hydrogen) atoms. The van der Waals surface area contributed by atoms with Crippen LogP contribution in [0, 0.1) is 46.3 Å². The van der Waals surface area contributed by atoms with Crippen LogP contribution in [0.4, 0.5) is 0 Å². The summed E-state index contributed by atoms with van der Waals surface area (Å²) in [5.74, 6) is 2.52. The molecule has 0 aromatic heterocycles. The Bertz CT molecular complexity index is 645. The average Bonchev–Trinajstić information content (AvgIpc) is 3.00. The fourth-order valence-electron chi connectivity index (χ4n) is 8.44. The third kappa shape index (κ3) is 2.97. The van der Waals surface area contributed by atoms with Crippen LogP contribution >= 0.6 is 0 Å². The molecule has 0 bridgehead atoms. The summed E-state index contributed by atoms with van der Waals surface area (Å²) in [7, 11) is 0. The van der Waals surface area contributed by atoms with E-state index in [0.717, 1.165) is 32.1 Å². The first-order chi connectivity index (χ1) is 13.2. The van der Waals surface area contributed by atoms with Gasteiger partial charge in [-0.1, -0.05) is 20.8 Å². The maximum Gasteiger partial charge on any atom is 0.303 e. The molecule has 4 saturated carbocycles. The third-order valence-corrected chi connectivity index (χ3v) is 10.1. The van der Waals surface area contributed by atoms with E-state index in [-0.39, 0.29) is 23.4 Å². The molecule has 0 unspecified atom stereocenters. The standard InChI is InChI=1S/C24H38O4/c1-14(4-9-22(27)28)18-7-8-19-17-6-5-15-12-16(25)10-11-23(15,2)20(17)13-21(26)24(18,19)3/h14-20,25H,4-13H2,1-3H3,(H,27,28)/t14-,15-,16-,17+,18+,19-,20+,23+,24+/m1/s1. The third-order valence-electron chi connectivity index (χ3n) is 10.1. The number of carboxylic acids is 1. The Morgan fingerprint density at radius 3 is 2.61 bits per heavy atom. The van der Waals surface area contributed by atoms with Crippen molar-refractivity contribution < 1.29 is 19.8 Å². The monoisotopic (exact) mass is 390 g/mol. The first-order valence-corrected chi connectivity index (χ1v) is 11.6. The number of fused-ring (bicyclic) bond motifs is 5. The number of carbonyl (C=O) groups is 2. The van der Waals surface area contributed by atoms with Gasteiger partial charge in [0.15, 0.2) is 0 Å². The summed E-state index contributed by atoms with van der Waals surface area (Å²) < 4.78 is 0. The minimum atomic E-state index is -0.729. The second-order valence-electron chi connectivity index (χ2n) is 11.1. The topological polar surface area (TPSA) is 74.6 Å². The van der Waals surface area contributed by atoms with Crippen molar-refractivity contribution in [2.45, 2.75) is 91.1 Å². The summed E-state index contributed by atoms with van der Waals surface area (Å²) >= 11 is 0. The van der Waals surface area contributed by atoms with E-state index in [0.29, 0.717) is 54.1 Å². The number of hydrogen-bond acceptors (Lipinski definition) is 3. The minimum absolute atomic E-state index is 0.148. The second-order valence-corrected chi connectivity index (χ2v) is 11.1. The van der Waals surface area contributed by atoms with Crippen molar-refractivity contribution in [1.82, 2.24) is 0 Å². The zero-order valence-electron chi connectivity index (χ0n) is 17.8. The number of aliphatic carboxylic acids is 1. The van der Waals surface area contributed by atoms with Gasteiger partial charge in [-0.15, -0.1) is 0 Å². The fraction of sp³-hybridized carbons (Fsp3) is 0.917. The molecule has 158 valence electrons. The van der Waals surface area contributed by atoms with E-state index in [1.54, 1.807) is 0 Å². The lowest BCUT2D eigenvalue weighted by atomic mass is 9.44. The van der Waals surface area contributed by atoms with Gasteiger partial charge in [0.25, 0.3) is 0 Å². The van der Waals surface area contributed by atoms with Crippen molar-refractivity contribution >= 4 is 11.8 Å². The molecule has 0 aromatic carbocycles. The Kier molecular flexibility index (Phi) is 5.17. The number of carbonyl (C=O) groups excluding carboxylic acids is 1. The van der Waals surface area contributed by atoms with E-state index in [1.807, 2.05) is 0 Å². The minimum Gasteiger partial charge on any atom is -0.481 e. The number of aliphatic hydroxyl groups excluding tert-OH is 1. The van der Waals surface area contributed by atoms with Crippen molar-refractivity contribution in [2.75, 3.05) is 0 Å². The number of ketones is 1. The number of aliphatic hydroxyl groups is 1. The zero-order chi connectivity index (χ0) is 20.3. The van der Waals surface area contributed by atoms with Crippen molar-refractivity contribution in [3.8, 4) is 0 Å². The van der Waals surface area contributed by atoms with E-state index in [1.165, 1.54) is 12.8 Å². The van der Waals surface area contributed by atoms with Crippen LogP contribution in [0.3, 0.4) is 0 Å². The molecule has 0 spiro atoms. The van der Waals surface area contributed by atoms with Gasteiger partial charge in [-0.2, -0.15) is 0 Å². The quantitative estimate of drug-likeness (QED) is 0.730. The zero-order valence-corrected chi connectivity index (χ0v) is 17.8. The van der Waals surface area contributed by atoms with Gasteiger partial charge < -0.3 is 10.2 Å². The van der Waals surface area contributed by atoms with Crippen molar-refractivity contribution in [3.05, 3.63) is 0 Å².